The van der Waals surface area contributed by atoms with Crippen LogP contribution in [0.3, 0.4) is 0 Å². The molecule has 2 saturated heterocycles. The minimum atomic E-state index is -0.867. The number of hydrogen-bond donors (Lipinski definition) is 2. The van der Waals surface area contributed by atoms with Crippen molar-refractivity contribution in [3.05, 3.63) is 0 Å². The number of fused-ring (bicyclic) bond motifs is 1. The lowest BCUT2D eigenvalue weighted by Gasteiger charge is -2.16. The fourth-order valence-electron chi connectivity index (χ4n) is 2.32. The monoisotopic (exact) mass is 274 g/mol. The van der Waals surface area contributed by atoms with Crippen molar-refractivity contribution in [1.29, 1.82) is 0 Å². The maximum Gasteiger partial charge on any atom is 0.306 e. The van der Waals surface area contributed by atoms with E-state index >= 15 is 0 Å². The van der Waals surface area contributed by atoms with Gasteiger partial charge in [-0.1, -0.05) is 0 Å². The summed E-state index contributed by atoms with van der Waals surface area (Å²) in [5.74, 6) is -1.25. The Morgan fingerprint density at radius 1 is 1.11 bits per heavy atom. The molecule has 0 aliphatic carbocycles. The van der Waals surface area contributed by atoms with Gasteiger partial charge in [0.15, 0.2) is 6.10 Å². The Balaban J connectivity index is 1.67. The second-order valence-electron chi connectivity index (χ2n) is 4.79. The van der Waals surface area contributed by atoms with Gasteiger partial charge in [0.05, 0.1) is 13.2 Å². The van der Waals surface area contributed by atoms with Crippen LogP contribution in [0.25, 0.3) is 0 Å². The van der Waals surface area contributed by atoms with Crippen LogP contribution in [0.15, 0.2) is 0 Å². The molecule has 0 spiro atoms. The molecule has 108 valence electrons. The number of hydrogen-bond acceptors (Lipinski definition) is 6. The summed E-state index contributed by atoms with van der Waals surface area (Å²) in [6.45, 7) is 0.426. The summed E-state index contributed by atoms with van der Waals surface area (Å²) in [5, 5.41) is 18.0. The first-order valence-electron chi connectivity index (χ1n) is 6.40. The number of carboxylic acids is 1. The second-order valence-corrected chi connectivity index (χ2v) is 4.79. The van der Waals surface area contributed by atoms with Gasteiger partial charge >= 0.3 is 11.9 Å². The Morgan fingerprint density at radius 2 is 1.79 bits per heavy atom. The number of carbonyl (C=O) groups excluding carboxylic acids is 1. The fraction of sp³-hybridized carbons (Fsp3) is 0.833. The molecule has 2 N–H and O–H groups in total. The number of esters is 1. The van der Waals surface area contributed by atoms with Gasteiger partial charge in [-0.15, -0.1) is 0 Å². The fourth-order valence-corrected chi connectivity index (χ4v) is 2.32. The smallest absolute Gasteiger partial charge is 0.306 e. The third-order valence-electron chi connectivity index (χ3n) is 3.29. The molecule has 0 unspecified atom stereocenters. The third kappa shape index (κ3) is 3.65. The molecule has 0 radical (unpaired) electrons. The molecule has 2 rings (SSSR count). The maximum absolute atomic E-state index is 11.6. The van der Waals surface area contributed by atoms with Gasteiger partial charge in [-0.25, -0.2) is 0 Å². The Bertz CT molecular complexity index is 343. The molecule has 0 aromatic rings. The van der Waals surface area contributed by atoms with E-state index in [0.717, 1.165) is 0 Å². The van der Waals surface area contributed by atoms with Crippen LogP contribution in [0.1, 0.15) is 25.7 Å². The zero-order valence-corrected chi connectivity index (χ0v) is 10.5. The summed E-state index contributed by atoms with van der Waals surface area (Å²) in [5.41, 5.74) is 0. The lowest BCUT2D eigenvalue weighted by atomic mass is 10.1. The number of rotatable bonds is 6. The van der Waals surface area contributed by atoms with E-state index in [4.69, 9.17) is 19.3 Å². The van der Waals surface area contributed by atoms with Crippen molar-refractivity contribution in [2.75, 3.05) is 13.2 Å². The van der Waals surface area contributed by atoms with E-state index < -0.39 is 30.4 Å². The lowest BCUT2D eigenvalue weighted by molar-refractivity contribution is -0.154. The normalized spacial score (nSPS) is 33.1. The first kappa shape index (κ1) is 14.2. The number of aliphatic hydroxyl groups excluding tert-OH is 1. The minimum Gasteiger partial charge on any atom is -0.481 e. The quantitative estimate of drug-likeness (QED) is 0.506. The Hall–Kier alpha value is -1.18. The molecule has 19 heavy (non-hydrogen) atoms. The highest BCUT2D eigenvalue weighted by Crippen LogP contribution is 2.29. The van der Waals surface area contributed by atoms with Crippen LogP contribution < -0.4 is 0 Å². The number of aliphatic carboxylic acids is 1. The predicted molar refractivity (Wildman–Crippen MR) is 61.5 cm³/mol. The molecular formula is C12H18O7. The number of aliphatic hydroxyl groups is 1. The zero-order chi connectivity index (χ0) is 13.8. The standard InChI is InChI=1S/C12H18O7/c13-7-5-17-12-8(6-18-11(7)12)19-10(16)4-2-1-3-9(14)15/h7-8,11-13H,1-6H2,(H,14,15)/t7-,8+,11+,12+/m0/s1. The first-order valence-corrected chi connectivity index (χ1v) is 6.40. The molecule has 4 atom stereocenters. The van der Waals surface area contributed by atoms with E-state index in [1.165, 1.54) is 0 Å². The molecule has 2 aliphatic heterocycles. The van der Waals surface area contributed by atoms with Gasteiger partial charge in [0.25, 0.3) is 0 Å². The highest BCUT2D eigenvalue weighted by molar-refractivity contribution is 5.70. The van der Waals surface area contributed by atoms with Crippen LogP contribution in [0, 0.1) is 0 Å². The van der Waals surface area contributed by atoms with Crippen molar-refractivity contribution in [1.82, 2.24) is 0 Å². The van der Waals surface area contributed by atoms with Crippen LogP contribution in [0.2, 0.25) is 0 Å². The van der Waals surface area contributed by atoms with Gasteiger partial charge < -0.3 is 24.4 Å². The van der Waals surface area contributed by atoms with Crippen LogP contribution in [0.4, 0.5) is 0 Å². The molecule has 0 aromatic carbocycles. The maximum atomic E-state index is 11.6. The molecule has 7 nitrogen and oxygen atoms in total. The van der Waals surface area contributed by atoms with Gasteiger partial charge in [0, 0.05) is 12.8 Å². The molecule has 0 aromatic heterocycles. The average Bonchev–Trinajstić information content (AvgIpc) is 2.90. The molecular weight excluding hydrogens is 256 g/mol. The van der Waals surface area contributed by atoms with E-state index in [1.807, 2.05) is 0 Å². The summed E-state index contributed by atoms with van der Waals surface area (Å²) >= 11 is 0. The minimum absolute atomic E-state index is 0.0554. The van der Waals surface area contributed by atoms with Crippen molar-refractivity contribution < 1.29 is 34.0 Å². The third-order valence-corrected chi connectivity index (χ3v) is 3.29. The summed E-state index contributed by atoms with van der Waals surface area (Å²) in [6, 6.07) is 0. The van der Waals surface area contributed by atoms with Gasteiger partial charge in [-0.2, -0.15) is 0 Å². The molecule has 2 fully saturated rings. The Labute approximate surface area is 110 Å². The molecule has 0 saturated carbocycles. The molecule has 2 aliphatic rings. The summed E-state index contributed by atoms with van der Waals surface area (Å²) < 4.78 is 15.9. The van der Waals surface area contributed by atoms with E-state index in [2.05, 4.69) is 0 Å². The predicted octanol–water partition coefficient (Wildman–Crippen LogP) is -0.298. The van der Waals surface area contributed by atoms with Crippen LogP contribution in [-0.2, 0) is 23.8 Å². The van der Waals surface area contributed by atoms with Gasteiger partial charge in [-0.05, 0) is 12.8 Å². The largest absolute Gasteiger partial charge is 0.481 e. The van der Waals surface area contributed by atoms with Crippen molar-refractivity contribution in [3.63, 3.8) is 0 Å². The molecule has 0 amide bonds. The molecule has 0 bridgehead atoms. The van der Waals surface area contributed by atoms with Crippen LogP contribution >= 0.6 is 0 Å². The highest BCUT2D eigenvalue weighted by Gasteiger charge is 2.48. The first-order chi connectivity index (χ1) is 9.08. The van der Waals surface area contributed by atoms with Crippen molar-refractivity contribution in [3.8, 4) is 0 Å². The van der Waals surface area contributed by atoms with Gasteiger partial charge in [0.1, 0.15) is 18.3 Å². The number of carbonyl (C=O) groups is 2. The summed E-state index contributed by atoms with van der Waals surface area (Å²) in [6.07, 6.45) is -0.770. The number of unbranched alkanes of at least 4 members (excludes halogenated alkanes) is 1. The van der Waals surface area contributed by atoms with Crippen LogP contribution in [0.5, 0.6) is 0 Å². The lowest BCUT2D eigenvalue weighted by Crippen LogP contribution is -2.34. The molecule has 2 heterocycles. The highest BCUT2D eigenvalue weighted by atomic mass is 16.6. The zero-order valence-electron chi connectivity index (χ0n) is 10.5. The number of ether oxygens (including phenoxy) is 3. The summed E-state index contributed by atoms with van der Waals surface area (Å²) in [4.78, 5) is 21.9. The SMILES string of the molecule is O=C(O)CCCCC(=O)O[C@@H]1CO[C@H]2[C@@H]1OC[C@@H]2O. The van der Waals surface area contributed by atoms with E-state index in [0.29, 0.717) is 12.8 Å². The van der Waals surface area contributed by atoms with Crippen molar-refractivity contribution in [2.24, 2.45) is 0 Å². The Morgan fingerprint density at radius 3 is 2.53 bits per heavy atom. The molecule has 7 heteroatoms. The van der Waals surface area contributed by atoms with E-state index in [-0.39, 0.29) is 32.0 Å². The van der Waals surface area contributed by atoms with E-state index in [1.54, 1.807) is 0 Å². The number of carboxylic acid groups (broad SMARTS) is 1. The average molecular weight is 274 g/mol. The van der Waals surface area contributed by atoms with Crippen molar-refractivity contribution in [2.45, 2.75) is 50.1 Å². The summed E-state index contributed by atoms with van der Waals surface area (Å²) in [7, 11) is 0. The van der Waals surface area contributed by atoms with Gasteiger partial charge in [-0.3, -0.25) is 9.59 Å². The van der Waals surface area contributed by atoms with Crippen LogP contribution in [-0.4, -0.2) is 59.8 Å². The second kappa shape index (κ2) is 6.31. The van der Waals surface area contributed by atoms with Crippen molar-refractivity contribution >= 4 is 11.9 Å². The Kier molecular flexibility index (Phi) is 4.73. The van der Waals surface area contributed by atoms with E-state index in [9.17, 15) is 14.7 Å². The topological polar surface area (TPSA) is 102 Å². The van der Waals surface area contributed by atoms with Gasteiger partial charge in [0.2, 0.25) is 0 Å².